The van der Waals surface area contributed by atoms with Crippen LogP contribution in [0.4, 0.5) is 0 Å². The average Bonchev–Trinajstić information content (AvgIpc) is 2.77. The lowest BCUT2D eigenvalue weighted by molar-refractivity contribution is -0.656. The molecule has 2 aromatic heterocycles. The molecule has 0 aliphatic rings. The zero-order chi connectivity index (χ0) is 13.2. The molecule has 0 amide bonds. The molecule has 0 fully saturated rings. The van der Waals surface area contributed by atoms with Crippen LogP contribution in [0.1, 0.15) is 16.1 Å². The van der Waals surface area contributed by atoms with Gasteiger partial charge in [0.2, 0.25) is 5.78 Å². The van der Waals surface area contributed by atoms with E-state index >= 15 is 0 Å². The largest absolute Gasteiger partial charge is 0.290 e. The third-order valence-corrected chi connectivity index (χ3v) is 3.27. The second-order valence-electron chi connectivity index (χ2n) is 4.62. The number of hydrogen-bond acceptors (Lipinski definition) is 1. The summed E-state index contributed by atoms with van der Waals surface area (Å²) in [7, 11) is 0. The van der Waals surface area contributed by atoms with Crippen molar-refractivity contribution in [2.24, 2.45) is 0 Å². The third kappa shape index (κ3) is 2.15. The van der Waals surface area contributed by atoms with Gasteiger partial charge in [0.1, 0.15) is 11.9 Å². The molecule has 0 N–H and O–H groups in total. The number of hydrogen-bond donors (Lipinski definition) is 0. The topological polar surface area (TPSA) is 25.4 Å². The second kappa shape index (κ2) is 4.69. The molecule has 0 atom stereocenters. The zero-order valence-electron chi connectivity index (χ0n) is 10.8. The molecule has 94 valence electrons. The van der Waals surface area contributed by atoms with Crippen molar-refractivity contribution in [1.82, 2.24) is 4.40 Å². The van der Waals surface area contributed by atoms with Crippen molar-refractivity contribution in [3.05, 3.63) is 72.2 Å². The molecule has 3 aromatic rings. The van der Waals surface area contributed by atoms with E-state index in [-0.39, 0.29) is 5.78 Å². The van der Waals surface area contributed by atoms with E-state index in [0.717, 1.165) is 16.9 Å². The highest BCUT2D eigenvalue weighted by atomic mass is 16.1. The molecule has 3 nitrogen and oxygen atoms in total. The van der Waals surface area contributed by atoms with E-state index in [1.165, 1.54) is 0 Å². The zero-order valence-corrected chi connectivity index (χ0v) is 10.8. The number of imidazole rings is 1. The monoisotopic (exact) mass is 251 g/mol. The Kier molecular flexibility index (Phi) is 2.88. The van der Waals surface area contributed by atoms with Gasteiger partial charge in [0.15, 0.2) is 6.54 Å². The molecule has 3 heteroatoms. The first-order valence-corrected chi connectivity index (χ1v) is 6.30. The van der Waals surface area contributed by atoms with Crippen LogP contribution in [-0.4, -0.2) is 10.2 Å². The van der Waals surface area contributed by atoms with E-state index < -0.39 is 0 Å². The maximum absolute atomic E-state index is 12.2. The molecule has 0 aliphatic carbocycles. The minimum Gasteiger partial charge on any atom is -0.290 e. The Morgan fingerprint density at radius 2 is 1.84 bits per heavy atom. The minimum atomic E-state index is 0.127. The quantitative estimate of drug-likeness (QED) is 0.518. The highest BCUT2D eigenvalue weighted by Gasteiger charge is 2.16. The van der Waals surface area contributed by atoms with Crippen molar-refractivity contribution < 1.29 is 9.36 Å². The molecule has 3 rings (SSSR count). The van der Waals surface area contributed by atoms with Gasteiger partial charge in [-0.15, -0.1) is 0 Å². The highest BCUT2D eigenvalue weighted by Crippen LogP contribution is 2.05. The molecule has 0 spiro atoms. The summed E-state index contributed by atoms with van der Waals surface area (Å²) in [5.74, 6) is 0.127. The number of ketones is 1. The Labute approximate surface area is 111 Å². The van der Waals surface area contributed by atoms with Crippen LogP contribution in [0.15, 0.2) is 60.9 Å². The van der Waals surface area contributed by atoms with E-state index in [1.54, 1.807) is 0 Å². The van der Waals surface area contributed by atoms with Gasteiger partial charge in [0.25, 0.3) is 5.65 Å². The lowest BCUT2D eigenvalue weighted by Gasteiger charge is -1.98. The Hall–Kier alpha value is -2.42. The Morgan fingerprint density at radius 3 is 2.63 bits per heavy atom. The van der Waals surface area contributed by atoms with Crippen molar-refractivity contribution in [1.29, 1.82) is 0 Å². The van der Waals surface area contributed by atoms with Gasteiger partial charge in [-0.25, -0.2) is 8.97 Å². The van der Waals surface area contributed by atoms with E-state index in [2.05, 4.69) is 4.40 Å². The predicted molar refractivity (Wildman–Crippen MR) is 73.1 cm³/mol. The predicted octanol–water partition coefficient (Wildman–Crippen LogP) is 2.42. The van der Waals surface area contributed by atoms with Gasteiger partial charge in [-0.1, -0.05) is 36.4 Å². The number of Topliss-reactive ketones (excluding diaryl/α,β-unsaturated/α-hetero) is 1. The van der Waals surface area contributed by atoms with Crippen LogP contribution in [-0.2, 0) is 6.54 Å². The van der Waals surface area contributed by atoms with Gasteiger partial charge in [0, 0.05) is 18.6 Å². The first-order chi connectivity index (χ1) is 9.25. The van der Waals surface area contributed by atoms with Gasteiger partial charge in [-0.05, 0) is 6.07 Å². The normalized spacial score (nSPS) is 10.8. The van der Waals surface area contributed by atoms with Crippen LogP contribution < -0.4 is 4.57 Å². The maximum atomic E-state index is 12.2. The first-order valence-electron chi connectivity index (χ1n) is 6.30. The number of aromatic nitrogens is 2. The number of aryl methyl sites for hydroxylation is 1. The number of fused-ring (bicyclic) bond motifs is 1. The molecule has 19 heavy (non-hydrogen) atoms. The number of nitrogens with zero attached hydrogens (tertiary/aromatic N) is 2. The second-order valence-corrected chi connectivity index (χ2v) is 4.62. The molecule has 1 aromatic carbocycles. The summed E-state index contributed by atoms with van der Waals surface area (Å²) in [6, 6.07) is 15.4. The van der Waals surface area contributed by atoms with Crippen LogP contribution in [0.2, 0.25) is 0 Å². The Balaban J connectivity index is 1.96. The summed E-state index contributed by atoms with van der Waals surface area (Å²) in [5.41, 5.74) is 2.91. The van der Waals surface area contributed by atoms with Crippen molar-refractivity contribution >= 4 is 11.4 Å². The molecule has 0 bridgehead atoms. The van der Waals surface area contributed by atoms with Crippen molar-refractivity contribution in [2.45, 2.75) is 13.5 Å². The van der Waals surface area contributed by atoms with Crippen molar-refractivity contribution in [3.8, 4) is 0 Å². The standard InChI is InChI=1S/C16H15N2O/c1-13-11-17(16-9-5-6-10-18(13)16)12-15(19)14-7-3-2-4-8-14/h2-11H,12H2,1H3/q+1. The van der Waals surface area contributed by atoms with Gasteiger partial charge >= 0.3 is 0 Å². The van der Waals surface area contributed by atoms with Gasteiger partial charge < -0.3 is 0 Å². The van der Waals surface area contributed by atoms with Gasteiger partial charge in [-0.2, -0.15) is 0 Å². The summed E-state index contributed by atoms with van der Waals surface area (Å²) in [5, 5.41) is 0. The van der Waals surface area contributed by atoms with Crippen LogP contribution >= 0.6 is 0 Å². The summed E-state index contributed by atoms with van der Waals surface area (Å²) in [6.07, 6.45) is 4.02. The molecular weight excluding hydrogens is 236 g/mol. The summed E-state index contributed by atoms with van der Waals surface area (Å²) in [6.45, 7) is 2.40. The number of pyridine rings is 1. The number of benzene rings is 1. The maximum Gasteiger partial charge on any atom is 0.286 e. The lowest BCUT2D eigenvalue weighted by atomic mass is 10.1. The molecular formula is C16H15N2O+. The fraction of sp³-hybridized carbons (Fsp3) is 0.125. The van der Waals surface area contributed by atoms with Crippen LogP contribution in [0.5, 0.6) is 0 Å². The third-order valence-electron chi connectivity index (χ3n) is 3.27. The van der Waals surface area contributed by atoms with E-state index in [1.807, 2.05) is 72.4 Å². The summed E-state index contributed by atoms with van der Waals surface area (Å²) >= 11 is 0. The SMILES string of the molecule is Cc1c[n+](CC(=O)c2ccccc2)c2ccccn12. The van der Waals surface area contributed by atoms with Crippen molar-refractivity contribution in [3.63, 3.8) is 0 Å². The Bertz CT molecular complexity index is 729. The van der Waals surface area contributed by atoms with E-state index in [0.29, 0.717) is 6.54 Å². The average molecular weight is 251 g/mol. The minimum absolute atomic E-state index is 0.127. The summed E-state index contributed by atoms with van der Waals surface area (Å²) in [4.78, 5) is 12.2. The van der Waals surface area contributed by atoms with E-state index in [9.17, 15) is 4.79 Å². The number of carbonyl (C=O) groups is 1. The highest BCUT2D eigenvalue weighted by molar-refractivity contribution is 5.95. The van der Waals surface area contributed by atoms with Crippen LogP contribution in [0.3, 0.4) is 0 Å². The lowest BCUT2D eigenvalue weighted by Crippen LogP contribution is -2.36. The van der Waals surface area contributed by atoms with E-state index in [4.69, 9.17) is 0 Å². The molecule has 2 heterocycles. The van der Waals surface area contributed by atoms with Crippen LogP contribution in [0.25, 0.3) is 5.65 Å². The number of carbonyl (C=O) groups excluding carboxylic acids is 1. The number of rotatable bonds is 3. The molecule has 0 unspecified atom stereocenters. The fourth-order valence-electron chi connectivity index (χ4n) is 2.32. The molecule has 0 radical (unpaired) electrons. The van der Waals surface area contributed by atoms with Crippen molar-refractivity contribution in [2.75, 3.05) is 0 Å². The van der Waals surface area contributed by atoms with Gasteiger partial charge in [-0.3, -0.25) is 4.79 Å². The van der Waals surface area contributed by atoms with Crippen LogP contribution in [0, 0.1) is 6.92 Å². The molecule has 0 saturated carbocycles. The Morgan fingerprint density at radius 1 is 1.11 bits per heavy atom. The first kappa shape index (κ1) is 11.7. The smallest absolute Gasteiger partial charge is 0.286 e. The molecule has 0 saturated heterocycles. The molecule has 0 aliphatic heterocycles. The fourth-order valence-corrected chi connectivity index (χ4v) is 2.32. The van der Waals surface area contributed by atoms with Gasteiger partial charge in [0.05, 0.1) is 6.20 Å². The summed E-state index contributed by atoms with van der Waals surface area (Å²) < 4.78 is 4.07.